The van der Waals surface area contributed by atoms with Gasteiger partial charge in [-0.25, -0.2) is 9.97 Å². The summed E-state index contributed by atoms with van der Waals surface area (Å²) in [4.78, 5) is 13.9. The normalized spacial score (nSPS) is 23.4. The van der Waals surface area contributed by atoms with Crippen LogP contribution in [-0.4, -0.2) is 36.1 Å². The van der Waals surface area contributed by atoms with Crippen LogP contribution >= 0.6 is 0 Å². The predicted octanol–water partition coefficient (Wildman–Crippen LogP) is 2.42. The Morgan fingerprint density at radius 3 is 2.13 bits per heavy atom. The molecule has 2 bridgehead atoms. The maximum absolute atomic E-state index is 5.41. The van der Waals surface area contributed by atoms with Crippen molar-refractivity contribution >= 4 is 11.6 Å². The second kappa shape index (κ2) is 5.92. The number of hydrogen-bond donors (Lipinski definition) is 0. The Morgan fingerprint density at radius 2 is 1.61 bits per heavy atom. The lowest BCUT2D eigenvalue weighted by Gasteiger charge is -2.46. The zero-order valence-electron chi connectivity index (χ0n) is 13.1. The fraction of sp³-hybridized carbons (Fsp3) is 0.368. The highest BCUT2D eigenvalue weighted by Crippen LogP contribution is 2.32. The van der Waals surface area contributed by atoms with Crippen LogP contribution in [0.1, 0.15) is 12.0 Å². The van der Waals surface area contributed by atoms with Gasteiger partial charge >= 0.3 is 0 Å². The third kappa shape index (κ3) is 2.87. The number of rotatable bonds is 2. The summed E-state index contributed by atoms with van der Waals surface area (Å²) in [6.07, 6.45) is 10.4. The molecule has 0 radical (unpaired) electrons. The predicted molar refractivity (Wildman–Crippen MR) is 92.4 cm³/mol. The Hall–Kier alpha value is -2.54. The molecule has 2 atom stereocenters. The molecule has 0 saturated carbocycles. The number of aromatic nitrogens is 2. The lowest BCUT2D eigenvalue weighted by Crippen LogP contribution is -2.53. The van der Waals surface area contributed by atoms with Crippen molar-refractivity contribution in [3.8, 4) is 12.3 Å². The number of anilines is 2. The van der Waals surface area contributed by atoms with Crippen LogP contribution in [0, 0.1) is 24.2 Å². The Morgan fingerprint density at radius 1 is 0.913 bits per heavy atom. The van der Waals surface area contributed by atoms with E-state index in [1.807, 2.05) is 24.4 Å². The summed E-state index contributed by atoms with van der Waals surface area (Å²) >= 11 is 0. The number of nitrogens with zero attached hydrogens (tertiary/aromatic N) is 4. The SMILES string of the molecule is C#Cc1ccc(N2CC3CC(CN(c4ccccn4)C3)C2)nc1. The summed E-state index contributed by atoms with van der Waals surface area (Å²) in [5.41, 5.74) is 0.840. The highest BCUT2D eigenvalue weighted by molar-refractivity contribution is 5.45. The van der Waals surface area contributed by atoms with Gasteiger partial charge in [-0.2, -0.15) is 0 Å². The molecule has 0 aromatic carbocycles. The highest BCUT2D eigenvalue weighted by Gasteiger charge is 2.34. The van der Waals surface area contributed by atoms with Gasteiger partial charge in [0.1, 0.15) is 11.6 Å². The Kier molecular flexibility index (Phi) is 3.63. The number of terminal acetylenes is 1. The van der Waals surface area contributed by atoms with Gasteiger partial charge in [-0.05, 0) is 42.5 Å². The first-order valence-electron chi connectivity index (χ1n) is 8.15. The van der Waals surface area contributed by atoms with Crippen LogP contribution in [0.5, 0.6) is 0 Å². The van der Waals surface area contributed by atoms with Crippen LogP contribution in [0.2, 0.25) is 0 Å². The molecule has 4 heteroatoms. The number of fused-ring (bicyclic) bond motifs is 2. The van der Waals surface area contributed by atoms with Crippen LogP contribution in [0.25, 0.3) is 0 Å². The molecule has 2 aromatic rings. The zero-order valence-corrected chi connectivity index (χ0v) is 13.1. The molecule has 0 aliphatic carbocycles. The van der Waals surface area contributed by atoms with E-state index in [0.29, 0.717) is 11.8 Å². The average Bonchev–Trinajstić information content (AvgIpc) is 2.61. The quantitative estimate of drug-likeness (QED) is 0.798. The van der Waals surface area contributed by atoms with Crippen molar-refractivity contribution in [2.24, 2.45) is 11.8 Å². The van der Waals surface area contributed by atoms with Crippen molar-refractivity contribution in [3.05, 3.63) is 48.3 Å². The zero-order chi connectivity index (χ0) is 15.6. The minimum atomic E-state index is 0.665. The second-order valence-corrected chi connectivity index (χ2v) is 6.52. The van der Waals surface area contributed by atoms with Crippen molar-refractivity contribution in [2.45, 2.75) is 6.42 Å². The van der Waals surface area contributed by atoms with E-state index in [0.717, 1.165) is 43.4 Å². The number of hydrogen-bond acceptors (Lipinski definition) is 4. The molecule has 2 aliphatic rings. The van der Waals surface area contributed by atoms with Gasteiger partial charge in [-0.15, -0.1) is 6.42 Å². The van der Waals surface area contributed by atoms with E-state index in [1.165, 1.54) is 6.42 Å². The van der Waals surface area contributed by atoms with E-state index in [1.54, 1.807) is 6.20 Å². The molecule has 2 unspecified atom stereocenters. The standard InChI is InChI=1S/C19H20N4/c1-2-15-6-7-19(21-10-15)23-13-16-9-17(14-23)12-22(11-16)18-5-3-4-8-20-18/h1,3-8,10,16-17H,9,11-14H2. The van der Waals surface area contributed by atoms with Crippen LogP contribution < -0.4 is 9.80 Å². The molecule has 0 N–H and O–H groups in total. The maximum atomic E-state index is 5.41. The molecule has 4 rings (SSSR count). The summed E-state index contributed by atoms with van der Waals surface area (Å²) in [5, 5.41) is 0. The van der Waals surface area contributed by atoms with Crippen molar-refractivity contribution in [1.29, 1.82) is 0 Å². The third-order valence-corrected chi connectivity index (χ3v) is 4.79. The number of piperidine rings is 2. The van der Waals surface area contributed by atoms with Crippen LogP contribution in [0.3, 0.4) is 0 Å². The summed E-state index contributed by atoms with van der Waals surface area (Å²) in [7, 11) is 0. The van der Waals surface area contributed by atoms with Crippen molar-refractivity contribution in [2.75, 3.05) is 36.0 Å². The Bertz CT molecular complexity index is 690. The van der Waals surface area contributed by atoms with Gasteiger partial charge in [0, 0.05) is 44.1 Å². The molecule has 2 aromatic heterocycles. The van der Waals surface area contributed by atoms with E-state index in [9.17, 15) is 0 Å². The highest BCUT2D eigenvalue weighted by atomic mass is 15.3. The van der Waals surface area contributed by atoms with Crippen LogP contribution in [0.15, 0.2) is 42.7 Å². The second-order valence-electron chi connectivity index (χ2n) is 6.52. The minimum Gasteiger partial charge on any atom is -0.356 e. The molecular formula is C19H20N4. The van der Waals surface area contributed by atoms with Crippen molar-refractivity contribution < 1.29 is 0 Å². The topological polar surface area (TPSA) is 32.3 Å². The molecule has 116 valence electrons. The average molecular weight is 304 g/mol. The van der Waals surface area contributed by atoms with Gasteiger partial charge in [-0.1, -0.05) is 12.0 Å². The first-order valence-corrected chi connectivity index (χ1v) is 8.15. The number of pyridine rings is 2. The fourth-order valence-electron chi connectivity index (χ4n) is 3.85. The molecule has 0 spiro atoms. The van der Waals surface area contributed by atoms with Gasteiger partial charge < -0.3 is 9.80 Å². The minimum absolute atomic E-state index is 0.665. The molecule has 4 nitrogen and oxygen atoms in total. The summed E-state index contributed by atoms with van der Waals surface area (Å²) in [6, 6.07) is 10.2. The molecule has 2 aliphatic heterocycles. The monoisotopic (exact) mass is 304 g/mol. The van der Waals surface area contributed by atoms with Gasteiger partial charge in [0.2, 0.25) is 0 Å². The molecule has 4 heterocycles. The maximum Gasteiger partial charge on any atom is 0.128 e. The summed E-state index contributed by atoms with van der Waals surface area (Å²) in [5.74, 6) is 6.11. The van der Waals surface area contributed by atoms with Crippen LogP contribution in [0.4, 0.5) is 11.6 Å². The molecular weight excluding hydrogens is 284 g/mol. The van der Waals surface area contributed by atoms with E-state index in [4.69, 9.17) is 6.42 Å². The third-order valence-electron chi connectivity index (χ3n) is 4.79. The first kappa shape index (κ1) is 14.1. The fourth-order valence-corrected chi connectivity index (χ4v) is 3.85. The molecule has 2 fully saturated rings. The van der Waals surface area contributed by atoms with E-state index in [-0.39, 0.29) is 0 Å². The molecule has 23 heavy (non-hydrogen) atoms. The van der Waals surface area contributed by atoms with E-state index < -0.39 is 0 Å². The summed E-state index contributed by atoms with van der Waals surface area (Å²) in [6.45, 7) is 4.27. The van der Waals surface area contributed by atoms with Gasteiger partial charge in [0.05, 0.1) is 0 Å². The van der Waals surface area contributed by atoms with Gasteiger partial charge in [0.25, 0.3) is 0 Å². The van der Waals surface area contributed by atoms with E-state index in [2.05, 4.69) is 37.8 Å². The molecule has 2 saturated heterocycles. The lowest BCUT2D eigenvalue weighted by atomic mass is 9.84. The van der Waals surface area contributed by atoms with Crippen LogP contribution in [-0.2, 0) is 0 Å². The first-order chi connectivity index (χ1) is 11.3. The largest absolute Gasteiger partial charge is 0.356 e. The van der Waals surface area contributed by atoms with E-state index >= 15 is 0 Å². The molecule has 0 amide bonds. The lowest BCUT2D eigenvalue weighted by molar-refractivity contribution is 0.274. The van der Waals surface area contributed by atoms with Gasteiger partial charge in [0.15, 0.2) is 0 Å². The summed E-state index contributed by atoms with van der Waals surface area (Å²) < 4.78 is 0. The Balaban J connectivity index is 1.48. The Labute approximate surface area is 137 Å². The smallest absolute Gasteiger partial charge is 0.128 e. The van der Waals surface area contributed by atoms with Crippen molar-refractivity contribution in [1.82, 2.24) is 9.97 Å². The van der Waals surface area contributed by atoms with Gasteiger partial charge in [-0.3, -0.25) is 0 Å². The van der Waals surface area contributed by atoms with Crippen molar-refractivity contribution in [3.63, 3.8) is 0 Å².